The van der Waals surface area contributed by atoms with Crippen LogP contribution in [0, 0.1) is 17.2 Å². The number of aliphatic hydroxyl groups is 1. The largest absolute Gasteiger partial charge is 0.396 e. The van der Waals surface area contributed by atoms with E-state index in [0.717, 1.165) is 12.8 Å². The molecule has 11 heavy (non-hydrogen) atoms. The van der Waals surface area contributed by atoms with Crippen LogP contribution in [0.5, 0.6) is 0 Å². The van der Waals surface area contributed by atoms with Gasteiger partial charge in [-0.25, -0.2) is 0 Å². The molecule has 0 aromatic carbocycles. The van der Waals surface area contributed by atoms with Crippen LogP contribution in [0.1, 0.15) is 19.3 Å². The monoisotopic (exact) mass is 155 g/mol. The highest BCUT2D eigenvalue weighted by atomic mass is 16.5. The molecule has 0 aromatic rings. The van der Waals surface area contributed by atoms with Gasteiger partial charge in [0.15, 0.2) is 0 Å². The van der Waals surface area contributed by atoms with Crippen molar-refractivity contribution in [3.63, 3.8) is 0 Å². The third-order valence-electron chi connectivity index (χ3n) is 1.78. The van der Waals surface area contributed by atoms with Crippen molar-refractivity contribution in [2.75, 3.05) is 13.2 Å². The Kier molecular flexibility index (Phi) is 3.34. The van der Waals surface area contributed by atoms with Gasteiger partial charge in [-0.2, -0.15) is 5.26 Å². The first-order valence-corrected chi connectivity index (χ1v) is 4.00. The lowest BCUT2D eigenvalue weighted by atomic mass is 10.2. The van der Waals surface area contributed by atoms with Gasteiger partial charge >= 0.3 is 0 Å². The van der Waals surface area contributed by atoms with Gasteiger partial charge in [-0.05, 0) is 25.2 Å². The molecule has 0 radical (unpaired) electrons. The second-order valence-electron chi connectivity index (χ2n) is 2.84. The van der Waals surface area contributed by atoms with E-state index in [1.807, 2.05) is 0 Å². The molecule has 3 heteroatoms. The second kappa shape index (κ2) is 4.32. The molecule has 62 valence electrons. The predicted molar refractivity (Wildman–Crippen MR) is 39.8 cm³/mol. The van der Waals surface area contributed by atoms with Gasteiger partial charge in [0.05, 0.1) is 12.7 Å². The van der Waals surface area contributed by atoms with Crippen LogP contribution in [0.2, 0.25) is 0 Å². The lowest BCUT2D eigenvalue weighted by molar-refractivity contribution is 0.0648. The molecule has 1 rings (SSSR count). The van der Waals surface area contributed by atoms with Crippen LogP contribution < -0.4 is 0 Å². The van der Waals surface area contributed by atoms with E-state index in [2.05, 4.69) is 6.07 Å². The minimum absolute atomic E-state index is 0.142. The molecule has 1 unspecified atom stereocenters. The number of ether oxygens (including phenoxy) is 1. The number of rotatable bonds is 5. The molecule has 3 nitrogen and oxygen atoms in total. The zero-order valence-corrected chi connectivity index (χ0v) is 6.49. The summed E-state index contributed by atoms with van der Waals surface area (Å²) in [5, 5.41) is 17.0. The van der Waals surface area contributed by atoms with Crippen molar-refractivity contribution in [3.05, 3.63) is 0 Å². The number of aliphatic hydroxyl groups excluding tert-OH is 1. The summed E-state index contributed by atoms with van der Waals surface area (Å²) in [7, 11) is 0. The maximum absolute atomic E-state index is 8.60. The van der Waals surface area contributed by atoms with Crippen LogP contribution in [0.15, 0.2) is 0 Å². The second-order valence-corrected chi connectivity index (χ2v) is 2.84. The molecular formula is C8H13NO2. The Morgan fingerprint density at radius 3 is 2.82 bits per heavy atom. The Hall–Kier alpha value is -0.590. The number of hydrogen-bond acceptors (Lipinski definition) is 3. The van der Waals surface area contributed by atoms with Gasteiger partial charge in [0.1, 0.15) is 6.10 Å². The summed E-state index contributed by atoms with van der Waals surface area (Å²) in [4.78, 5) is 0. The lowest BCUT2D eigenvalue weighted by Gasteiger charge is -2.07. The fraction of sp³-hybridized carbons (Fsp3) is 0.875. The average molecular weight is 155 g/mol. The number of nitriles is 1. The maximum Gasteiger partial charge on any atom is 0.146 e. The van der Waals surface area contributed by atoms with Crippen molar-refractivity contribution < 1.29 is 9.84 Å². The summed E-state index contributed by atoms with van der Waals surface area (Å²) in [6.45, 7) is 0.647. The van der Waals surface area contributed by atoms with Crippen LogP contribution in [0.4, 0.5) is 0 Å². The summed E-state index contributed by atoms with van der Waals surface area (Å²) in [5.41, 5.74) is 0. The van der Waals surface area contributed by atoms with Gasteiger partial charge < -0.3 is 9.84 Å². The first-order valence-electron chi connectivity index (χ1n) is 4.00. The Labute approximate surface area is 66.6 Å². The number of hydrogen-bond donors (Lipinski definition) is 1. The summed E-state index contributed by atoms with van der Waals surface area (Å²) in [5.74, 6) is 0.471. The smallest absolute Gasteiger partial charge is 0.146 e. The third-order valence-corrected chi connectivity index (χ3v) is 1.78. The summed E-state index contributed by atoms with van der Waals surface area (Å²) < 4.78 is 5.23. The predicted octanol–water partition coefficient (Wildman–Crippen LogP) is 0.688. The molecule has 0 heterocycles. The minimum atomic E-state index is -0.221. The van der Waals surface area contributed by atoms with Gasteiger partial charge in [-0.3, -0.25) is 0 Å². The van der Waals surface area contributed by atoms with Crippen LogP contribution in [-0.4, -0.2) is 24.4 Å². The first-order chi connectivity index (χ1) is 5.38. The molecule has 0 amide bonds. The van der Waals surface area contributed by atoms with E-state index < -0.39 is 0 Å². The van der Waals surface area contributed by atoms with Gasteiger partial charge in [0.2, 0.25) is 0 Å². The minimum Gasteiger partial charge on any atom is -0.396 e. The van der Waals surface area contributed by atoms with E-state index in [-0.39, 0.29) is 12.7 Å². The molecule has 0 aromatic heterocycles. The van der Waals surface area contributed by atoms with Crippen LogP contribution >= 0.6 is 0 Å². The molecule has 1 N–H and O–H groups in total. The van der Waals surface area contributed by atoms with Crippen LogP contribution in [0.3, 0.4) is 0 Å². The highest BCUT2D eigenvalue weighted by Crippen LogP contribution is 2.33. The molecule has 1 atom stereocenters. The van der Waals surface area contributed by atoms with E-state index in [9.17, 15) is 0 Å². The molecule has 1 aliphatic carbocycles. The highest BCUT2D eigenvalue weighted by Gasteiger charge is 2.31. The molecule has 0 aliphatic heterocycles. The van der Waals surface area contributed by atoms with E-state index in [1.54, 1.807) is 0 Å². The Balaban J connectivity index is 2.07. The highest BCUT2D eigenvalue weighted by molar-refractivity contribution is 4.96. The van der Waals surface area contributed by atoms with Crippen molar-refractivity contribution in [3.8, 4) is 6.07 Å². The summed E-state index contributed by atoms with van der Waals surface area (Å²) >= 11 is 0. The topological polar surface area (TPSA) is 53.2 Å². The molecular weight excluding hydrogens is 142 g/mol. The molecule has 0 saturated heterocycles. The van der Waals surface area contributed by atoms with Gasteiger partial charge in [-0.1, -0.05) is 0 Å². The zero-order valence-electron chi connectivity index (χ0n) is 6.49. The van der Waals surface area contributed by atoms with Crippen molar-refractivity contribution in [1.82, 2.24) is 0 Å². The molecule has 0 spiro atoms. The summed E-state index contributed by atoms with van der Waals surface area (Å²) in [6, 6.07) is 2.12. The van der Waals surface area contributed by atoms with Crippen molar-refractivity contribution in [2.24, 2.45) is 5.92 Å². The lowest BCUT2D eigenvalue weighted by Crippen LogP contribution is -2.14. The molecule has 1 fully saturated rings. The molecule has 0 bridgehead atoms. The standard InChI is InChI=1S/C8H13NO2/c9-6-8(7-2-3-7)11-5-1-4-10/h7-8,10H,1-5H2. The van der Waals surface area contributed by atoms with E-state index in [1.165, 1.54) is 0 Å². The van der Waals surface area contributed by atoms with Gasteiger partial charge in [0, 0.05) is 6.61 Å². The number of nitrogens with zero attached hydrogens (tertiary/aromatic N) is 1. The fourth-order valence-corrected chi connectivity index (χ4v) is 0.953. The quantitative estimate of drug-likeness (QED) is 0.594. The van der Waals surface area contributed by atoms with Crippen molar-refractivity contribution in [2.45, 2.75) is 25.4 Å². The van der Waals surface area contributed by atoms with E-state index >= 15 is 0 Å². The summed E-state index contributed by atoms with van der Waals surface area (Å²) in [6.07, 6.45) is 2.65. The molecule has 1 saturated carbocycles. The Morgan fingerprint density at radius 1 is 1.64 bits per heavy atom. The normalized spacial score (nSPS) is 19.3. The SMILES string of the molecule is N#CC(OCCCO)C1CC1. The fourth-order valence-electron chi connectivity index (χ4n) is 0.953. The maximum atomic E-state index is 8.60. The van der Waals surface area contributed by atoms with Gasteiger partial charge in [0.25, 0.3) is 0 Å². The zero-order chi connectivity index (χ0) is 8.10. The van der Waals surface area contributed by atoms with Crippen LogP contribution in [-0.2, 0) is 4.74 Å². The average Bonchev–Trinajstić information content (AvgIpc) is 2.81. The Morgan fingerprint density at radius 2 is 2.36 bits per heavy atom. The Bertz CT molecular complexity index is 149. The molecule has 1 aliphatic rings. The van der Waals surface area contributed by atoms with Crippen molar-refractivity contribution in [1.29, 1.82) is 5.26 Å². The van der Waals surface area contributed by atoms with Crippen LogP contribution in [0.25, 0.3) is 0 Å². The van der Waals surface area contributed by atoms with Gasteiger partial charge in [-0.15, -0.1) is 0 Å². The third kappa shape index (κ3) is 2.87. The first kappa shape index (κ1) is 8.51. The van der Waals surface area contributed by atoms with E-state index in [4.69, 9.17) is 15.1 Å². The van der Waals surface area contributed by atoms with Crippen molar-refractivity contribution >= 4 is 0 Å². The van der Waals surface area contributed by atoms with E-state index in [0.29, 0.717) is 18.9 Å².